The summed E-state index contributed by atoms with van der Waals surface area (Å²) in [4.78, 5) is 7.29. The Morgan fingerprint density at radius 2 is 2.29 bits per heavy atom. The number of nitriles is 1. The van der Waals surface area contributed by atoms with Crippen molar-refractivity contribution in [3.8, 4) is 6.07 Å². The number of aromatic nitrogens is 1. The molecule has 0 aromatic carbocycles. The quantitative estimate of drug-likeness (QED) is 0.922. The lowest BCUT2D eigenvalue weighted by atomic mass is 9.98. The highest BCUT2D eigenvalue weighted by Crippen LogP contribution is 2.31. The molecule has 1 atom stereocenters. The van der Waals surface area contributed by atoms with Gasteiger partial charge in [-0.3, -0.25) is 0 Å². The molecular weight excluding hydrogens is 260 g/mol. The standard InChI is InChI=1S/C17H24N4/c1-19-9-8-15-6-2-3-10-21(15)17-14(12-18)11-13-5-4-7-16(13)20-17/h11,15,19H,2-10H2,1H3. The molecule has 2 heterocycles. The van der Waals surface area contributed by atoms with Crippen molar-refractivity contribution in [3.05, 3.63) is 22.9 Å². The molecule has 1 aromatic heterocycles. The Labute approximate surface area is 127 Å². The number of anilines is 1. The van der Waals surface area contributed by atoms with Gasteiger partial charge in [0.25, 0.3) is 0 Å². The van der Waals surface area contributed by atoms with Gasteiger partial charge in [-0.15, -0.1) is 0 Å². The topological polar surface area (TPSA) is 52.0 Å². The lowest BCUT2D eigenvalue weighted by Crippen LogP contribution is -2.42. The van der Waals surface area contributed by atoms with E-state index < -0.39 is 0 Å². The van der Waals surface area contributed by atoms with E-state index in [1.54, 1.807) is 0 Å². The number of hydrogen-bond acceptors (Lipinski definition) is 4. The highest BCUT2D eigenvalue weighted by atomic mass is 15.2. The van der Waals surface area contributed by atoms with Crippen molar-refractivity contribution in [2.24, 2.45) is 0 Å². The normalized spacial score (nSPS) is 21.1. The summed E-state index contributed by atoms with van der Waals surface area (Å²) in [5.41, 5.74) is 3.29. The van der Waals surface area contributed by atoms with Crippen molar-refractivity contribution in [2.75, 3.05) is 25.0 Å². The maximum atomic E-state index is 9.51. The van der Waals surface area contributed by atoms with E-state index in [9.17, 15) is 5.26 Å². The largest absolute Gasteiger partial charge is 0.352 e. The number of piperidine rings is 1. The summed E-state index contributed by atoms with van der Waals surface area (Å²) in [5, 5.41) is 12.8. The number of nitrogens with one attached hydrogen (secondary N) is 1. The zero-order valence-corrected chi connectivity index (χ0v) is 12.9. The maximum Gasteiger partial charge on any atom is 0.147 e. The summed E-state index contributed by atoms with van der Waals surface area (Å²) in [7, 11) is 2.00. The first-order valence-electron chi connectivity index (χ1n) is 8.17. The summed E-state index contributed by atoms with van der Waals surface area (Å²) in [5.74, 6) is 0.943. The predicted molar refractivity (Wildman–Crippen MR) is 84.5 cm³/mol. The van der Waals surface area contributed by atoms with Crippen molar-refractivity contribution < 1.29 is 0 Å². The Kier molecular flexibility index (Phi) is 4.40. The van der Waals surface area contributed by atoms with E-state index in [4.69, 9.17) is 4.98 Å². The van der Waals surface area contributed by atoms with Crippen LogP contribution in [0, 0.1) is 11.3 Å². The molecule has 1 unspecified atom stereocenters. The molecule has 4 nitrogen and oxygen atoms in total. The monoisotopic (exact) mass is 284 g/mol. The molecule has 0 bridgehead atoms. The average Bonchev–Trinajstić information content (AvgIpc) is 2.99. The Bertz CT molecular complexity index is 546. The first kappa shape index (κ1) is 14.3. The fourth-order valence-electron chi connectivity index (χ4n) is 3.65. The van der Waals surface area contributed by atoms with E-state index >= 15 is 0 Å². The van der Waals surface area contributed by atoms with Crippen LogP contribution in [0.4, 0.5) is 5.82 Å². The van der Waals surface area contributed by atoms with Crippen LogP contribution in [0.1, 0.15) is 48.9 Å². The van der Waals surface area contributed by atoms with E-state index in [2.05, 4.69) is 22.4 Å². The summed E-state index contributed by atoms with van der Waals surface area (Å²) >= 11 is 0. The van der Waals surface area contributed by atoms with Crippen molar-refractivity contribution in [2.45, 2.75) is 51.0 Å². The minimum atomic E-state index is 0.519. The molecule has 0 spiro atoms. The van der Waals surface area contributed by atoms with Crippen LogP contribution in [-0.2, 0) is 12.8 Å². The fraction of sp³-hybridized carbons (Fsp3) is 0.647. The summed E-state index contributed by atoms with van der Waals surface area (Å²) in [6.45, 7) is 2.06. The van der Waals surface area contributed by atoms with Crippen molar-refractivity contribution in [1.29, 1.82) is 5.26 Å². The van der Waals surface area contributed by atoms with Crippen molar-refractivity contribution >= 4 is 5.82 Å². The highest BCUT2D eigenvalue weighted by molar-refractivity contribution is 5.57. The van der Waals surface area contributed by atoms with E-state index in [-0.39, 0.29) is 0 Å². The van der Waals surface area contributed by atoms with Crippen LogP contribution < -0.4 is 10.2 Å². The van der Waals surface area contributed by atoms with Crippen LogP contribution in [0.3, 0.4) is 0 Å². The molecule has 1 aromatic rings. The molecule has 0 radical (unpaired) electrons. The molecule has 2 aliphatic rings. The van der Waals surface area contributed by atoms with Crippen molar-refractivity contribution in [1.82, 2.24) is 10.3 Å². The minimum absolute atomic E-state index is 0.519. The number of rotatable bonds is 4. The Hall–Kier alpha value is -1.60. The first-order chi connectivity index (χ1) is 10.3. The van der Waals surface area contributed by atoms with Gasteiger partial charge in [-0.25, -0.2) is 4.98 Å². The van der Waals surface area contributed by atoms with Gasteiger partial charge in [0, 0.05) is 18.3 Å². The molecule has 4 heteroatoms. The maximum absolute atomic E-state index is 9.51. The van der Waals surface area contributed by atoms with Gasteiger partial charge in [0.2, 0.25) is 0 Å². The van der Waals surface area contributed by atoms with Gasteiger partial charge in [0.15, 0.2) is 0 Å². The molecule has 3 rings (SSSR count). The van der Waals surface area contributed by atoms with E-state index in [0.717, 1.165) is 43.7 Å². The molecule has 0 amide bonds. The summed E-state index contributed by atoms with van der Waals surface area (Å²) in [6, 6.07) is 4.99. The average molecular weight is 284 g/mol. The molecule has 1 N–H and O–H groups in total. The molecule has 1 aliphatic carbocycles. The molecule has 0 saturated carbocycles. The lowest BCUT2D eigenvalue weighted by Gasteiger charge is -2.37. The van der Waals surface area contributed by atoms with Gasteiger partial charge in [-0.1, -0.05) is 0 Å². The first-order valence-corrected chi connectivity index (χ1v) is 8.17. The number of aryl methyl sites for hydroxylation is 2. The summed E-state index contributed by atoms with van der Waals surface area (Å²) < 4.78 is 0. The molecule has 112 valence electrons. The molecule has 1 aliphatic heterocycles. The number of hydrogen-bond donors (Lipinski definition) is 1. The second kappa shape index (κ2) is 6.44. The van der Waals surface area contributed by atoms with E-state index in [1.165, 1.54) is 36.9 Å². The van der Waals surface area contributed by atoms with Crippen LogP contribution in [0.25, 0.3) is 0 Å². The SMILES string of the molecule is CNCCC1CCCCN1c1nc2c(cc1C#N)CCC2. The minimum Gasteiger partial charge on any atom is -0.352 e. The van der Waals surface area contributed by atoms with Gasteiger partial charge in [0.1, 0.15) is 11.9 Å². The van der Waals surface area contributed by atoms with Crippen LogP contribution >= 0.6 is 0 Å². The third-order valence-corrected chi connectivity index (χ3v) is 4.78. The van der Waals surface area contributed by atoms with Gasteiger partial charge in [0.05, 0.1) is 5.56 Å². The zero-order valence-electron chi connectivity index (χ0n) is 12.9. The van der Waals surface area contributed by atoms with Crippen LogP contribution in [0.15, 0.2) is 6.07 Å². The second-order valence-electron chi connectivity index (χ2n) is 6.17. The Morgan fingerprint density at radius 1 is 1.38 bits per heavy atom. The summed E-state index contributed by atoms with van der Waals surface area (Å²) in [6.07, 6.45) is 8.17. The van der Waals surface area contributed by atoms with Crippen molar-refractivity contribution in [3.63, 3.8) is 0 Å². The van der Waals surface area contributed by atoms with Gasteiger partial charge < -0.3 is 10.2 Å². The molecule has 21 heavy (non-hydrogen) atoms. The van der Waals surface area contributed by atoms with Gasteiger partial charge >= 0.3 is 0 Å². The van der Waals surface area contributed by atoms with Crippen LogP contribution in [0.5, 0.6) is 0 Å². The number of pyridine rings is 1. The third kappa shape index (κ3) is 2.89. The molecule has 1 fully saturated rings. The zero-order chi connectivity index (χ0) is 14.7. The predicted octanol–water partition coefficient (Wildman–Crippen LogP) is 2.41. The lowest BCUT2D eigenvalue weighted by molar-refractivity contribution is 0.430. The Balaban J connectivity index is 1.91. The van der Waals surface area contributed by atoms with Crippen LogP contribution in [0.2, 0.25) is 0 Å². The number of nitrogens with zero attached hydrogens (tertiary/aromatic N) is 3. The van der Waals surface area contributed by atoms with Crippen LogP contribution in [-0.4, -0.2) is 31.2 Å². The molecule has 1 saturated heterocycles. The fourth-order valence-corrected chi connectivity index (χ4v) is 3.65. The second-order valence-corrected chi connectivity index (χ2v) is 6.17. The third-order valence-electron chi connectivity index (χ3n) is 4.78. The smallest absolute Gasteiger partial charge is 0.147 e. The van der Waals surface area contributed by atoms with Gasteiger partial charge in [-0.05, 0) is 70.2 Å². The molecular formula is C17H24N4. The van der Waals surface area contributed by atoms with E-state index in [0.29, 0.717) is 6.04 Å². The highest BCUT2D eigenvalue weighted by Gasteiger charge is 2.27. The van der Waals surface area contributed by atoms with E-state index in [1.807, 2.05) is 7.05 Å². The Morgan fingerprint density at radius 3 is 3.10 bits per heavy atom. The number of fused-ring (bicyclic) bond motifs is 1. The van der Waals surface area contributed by atoms with Gasteiger partial charge in [-0.2, -0.15) is 5.26 Å².